The Morgan fingerprint density at radius 2 is 2.00 bits per heavy atom. The molecule has 1 nitrogen and oxygen atoms in total. The summed E-state index contributed by atoms with van der Waals surface area (Å²) < 4.78 is 18.4. The fraction of sp³-hybridized carbons (Fsp3) is 0.500. The van der Waals surface area contributed by atoms with Gasteiger partial charge in [0, 0.05) is 6.61 Å². The summed E-state index contributed by atoms with van der Waals surface area (Å²) in [6.07, 6.45) is 3.67. The van der Waals surface area contributed by atoms with Gasteiger partial charge in [0.2, 0.25) is 0 Å². The topological polar surface area (TPSA) is 9.23 Å². The molecule has 1 fully saturated rings. The third kappa shape index (κ3) is 2.79. The van der Waals surface area contributed by atoms with E-state index in [1.54, 1.807) is 0 Å². The normalized spacial score (nSPS) is 23.7. The molecule has 0 aromatic heterocycles. The van der Waals surface area contributed by atoms with Gasteiger partial charge in [-0.15, -0.1) is 0 Å². The first-order valence-corrected chi connectivity index (χ1v) is 6.20. The number of hydrogen-bond donors (Lipinski definition) is 0. The van der Waals surface area contributed by atoms with Crippen molar-refractivity contribution in [3.63, 3.8) is 0 Å². The molecule has 1 aromatic rings. The summed E-state index contributed by atoms with van der Waals surface area (Å²) in [6.45, 7) is 0.841. The molecule has 0 bridgehead atoms. The van der Waals surface area contributed by atoms with Crippen molar-refractivity contribution in [3.8, 4) is 0 Å². The van der Waals surface area contributed by atoms with Crippen LogP contribution in [0.4, 0.5) is 4.39 Å². The third-order valence-electron chi connectivity index (χ3n) is 2.73. The molecule has 0 saturated carbocycles. The fourth-order valence-corrected chi connectivity index (χ4v) is 2.58. The molecule has 82 valence electrons. The standard InChI is InChI=1S/C12H14BrFO/c13-12(11-3-1-2-8-15-11)9-4-6-10(14)7-5-9/h4-7,11-12H,1-3,8H2. The quantitative estimate of drug-likeness (QED) is 0.744. The van der Waals surface area contributed by atoms with Crippen LogP contribution < -0.4 is 0 Å². The number of alkyl halides is 1. The van der Waals surface area contributed by atoms with E-state index in [-0.39, 0.29) is 16.7 Å². The van der Waals surface area contributed by atoms with Crippen LogP contribution in [0.2, 0.25) is 0 Å². The molecule has 1 heterocycles. The highest BCUT2D eigenvalue weighted by Crippen LogP contribution is 2.33. The summed E-state index contributed by atoms with van der Waals surface area (Å²) in [5, 5.41) is 0. The lowest BCUT2D eigenvalue weighted by Crippen LogP contribution is -2.23. The number of benzene rings is 1. The smallest absolute Gasteiger partial charge is 0.123 e. The van der Waals surface area contributed by atoms with E-state index in [2.05, 4.69) is 15.9 Å². The van der Waals surface area contributed by atoms with Crippen molar-refractivity contribution in [2.45, 2.75) is 30.2 Å². The zero-order valence-electron chi connectivity index (χ0n) is 8.46. The molecule has 0 spiro atoms. The molecule has 1 aliphatic heterocycles. The Balaban J connectivity index is 2.05. The molecule has 2 unspecified atom stereocenters. The minimum Gasteiger partial charge on any atom is -0.377 e. The first kappa shape index (κ1) is 11.1. The maximum absolute atomic E-state index is 12.7. The second-order valence-corrected chi connectivity index (χ2v) is 4.84. The van der Waals surface area contributed by atoms with E-state index >= 15 is 0 Å². The van der Waals surface area contributed by atoms with Crippen molar-refractivity contribution in [2.24, 2.45) is 0 Å². The monoisotopic (exact) mass is 272 g/mol. The molecule has 1 aliphatic rings. The lowest BCUT2D eigenvalue weighted by Gasteiger charge is -2.27. The van der Waals surface area contributed by atoms with Gasteiger partial charge in [-0.3, -0.25) is 0 Å². The summed E-state index contributed by atoms with van der Waals surface area (Å²) >= 11 is 3.62. The molecule has 3 heteroatoms. The Bertz CT molecular complexity index is 306. The van der Waals surface area contributed by atoms with E-state index in [0.29, 0.717) is 0 Å². The van der Waals surface area contributed by atoms with Crippen LogP contribution in [0.1, 0.15) is 29.7 Å². The largest absolute Gasteiger partial charge is 0.377 e. The van der Waals surface area contributed by atoms with Crippen molar-refractivity contribution in [2.75, 3.05) is 6.61 Å². The molecule has 0 amide bonds. The van der Waals surface area contributed by atoms with Crippen LogP contribution in [0, 0.1) is 5.82 Å². The Kier molecular flexibility index (Phi) is 3.76. The van der Waals surface area contributed by atoms with Crippen molar-refractivity contribution >= 4 is 15.9 Å². The zero-order valence-corrected chi connectivity index (χ0v) is 10.0. The minimum atomic E-state index is -0.192. The van der Waals surface area contributed by atoms with Crippen LogP contribution in [0.25, 0.3) is 0 Å². The predicted molar refractivity (Wildman–Crippen MR) is 61.7 cm³/mol. The molecule has 0 radical (unpaired) electrons. The second-order valence-electron chi connectivity index (χ2n) is 3.86. The molecular formula is C12H14BrFO. The van der Waals surface area contributed by atoms with Crippen LogP contribution in [0.5, 0.6) is 0 Å². The van der Waals surface area contributed by atoms with Crippen molar-refractivity contribution in [1.29, 1.82) is 0 Å². The van der Waals surface area contributed by atoms with Gasteiger partial charge in [0.05, 0.1) is 10.9 Å². The first-order valence-electron chi connectivity index (χ1n) is 5.28. The molecule has 2 atom stereocenters. The Labute approximate surface area is 97.8 Å². The van der Waals surface area contributed by atoms with Gasteiger partial charge < -0.3 is 4.74 Å². The lowest BCUT2D eigenvalue weighted by molar-refractivity contribution is 0.0160. The average Bonchev–Trinajstić information content (AvgIpc) is 2.30. The van der Waals surface area contributed by atoms with Gasteiger partial charge in [-0.2, -0.15) is 0 Å². The van der Waals surface area contributed by atoms with Gasteiger partial charge in [-0.05, 0) is 37.0 Å². The van der Waals surface area contributed by atoms with Crippen LogP contribution in [-0.4, -0.2) is 12.7 Å². The average molecular weight is 273 g/mol. The summed E-state index contributed by atoms with van der Waals surface area (Å²) in [5.74, 6) is -0.192. The molecule has 0 N–H and O–H groups in total. The molecule has 2 rings (SSSR count). The highest BCUT2D eigenvalue weighted by Gasteiger charge is 2.23. The number of halogens is 2. The van der Waals surface area contributed by atoms with Crippen LogP contribution in [0.15, 0.2) is 24.3 Å². The van der Waals surface area contributed by atoms with Gasteiger partial charge >= 0.3 is 0 Å². The number of rotatable bonds is 2. The summed E-state index contributed by atoms with van der Waals surface area (Å²) in [5.41, 5.74) is 1.09. The van der Waals surface area contributed by atoms with Gasteiger partial charge in [0.15, 0.2) is 0 Å². The molecular weight excluding hydrogens is 259 g/mol. The van der Waals surface area contributed by atoms with Gasteiger partial charge in [0.25, 0.3) is 0 Å². The minimum absolute atomic E-state index is 0.179. The predicted octanol–water partition coefficient (Wildman–Crippen LogP) is 3.83. The van der Waals surface area contributed by atoms with Crippen LogP contribution >= 0.6 is 15.9 Å². The number of ether oxygens (including phenoxy) is 1. The molecule has 15 heavy (non-hydrogen) atoms. The van der Waals surface area contributed by atoms with Gasteiger partial charge in [-0.1, -0.05) is 28.1 Å². The lowest BCUT2D eigenvalue weighted by atomic mass is 10.0. The second kappa shape index (κ2) is 5.08. The van der Waals surface area contributed by atoms with Crippen LogP contribution in [0.3, 0.4) is 0 Å². The summed E-state index contributed by atoms with van der Waals surface area (Å²) in [4.78, 5) is 0.179. The third-order valence-corrected chi connectivity index (χ3v) is 3.85. The zero-order chi connectivity index (χ0) is 10.7. The van der Waals surface area contributed by atoms with Crippen molar-refractivity contribution < 1.29 is 9.13 Å². The van der Waals surface area contributed by atoms with Crippen molar-refractivity contribution in [3.05, 3.63) is 35.6 Å². The molecule has 1 aromatic carbocycles. The first-order chi connectivity index (χ1) is 7.27. The van der Waals surface area contributed by atoms with E-state index in [0.717, 1.165) is 25.0 Å². The highest BCUT2D eigenvalue weighted by atomic mass is 79.9. The van der Waals surface area contributed by atoms with Gasteiger partial charge in [0.1, 0.15) is 5.82 Å². The van der Waals surface area contributed by atoms with Crippen LogP contribution in [-0.2, 0) is 4.74 Å². The molecule has 0 aliphatic carbocycles. The summed E-state index contributed by atoms with van der Waals surface area (Å²) in [7, 11) is 0. The highest BCUT2D eigenvalue weighted by molar-refractivity contribution is 9.09. The van der Waals surface area contributed by atoms with E-state index in [4.69, 9.17) is 4.74 Å². The fourth-order valence-electron chi connectivity index (χ4n) is 1.86. The maximum atomic E-state index is 12.7. The van der Waals surface area contributed by atoms with Gasteiger partial charge in [-0.25, -0.2) is 4.39 Å². The maximum Gasteiger partial charge on any atom is 0.123 e. The number of hydrogen-bond acceptors (Lipinski definition) is 1. The SMILES string of the molecule is Fc1ccc(C(Br)C2CCCCO2)cc1. The Morgan fingerprint density at radius 3 is 2.60 bits per heavy atom. The Morgan fingerprint density at radius 1 is 1.27 bits per heavy atom. The molecule has 1 saturated heterocycles. The van der Waals surface area contributed by atoms with E-state index in [9.17, 15) is 4.39 Å². The van der Waals surface area contributed by atoms with E-state index in [1.807, 2.05) is 12.1 Å². The summed E-state index contributed by atoms with van der Waals surface area (Å²) in [6, 6.07) is 6.61. The Hall–Kier alpha value is -0.410. The van der Waals surface area contributed by atoms with Crippen molar-refractivity contribution in [1.82, 2.24) is 0 Å². The van der Waals surface area contributed by atoms with E-state index < -0.39 is 0 Å². The van der Waals surface area contributed by atoms with E-state index in [1.165, 1.54) is 18.6 Å².